The van der Waals surface area contributed by atoms with Gasteiger partial charge in [0.05, 0.1) is 31.4 Å². The van der Waals surface area contributed by atoms with Crippen molar-refractivity contribution in [3.63, 3.8) is 0 Å². The van der Waals surface area contributed by atoms with Crippen molar-refractivity contribution in [2.45, 2.75) is 19.4 Å². The molecular weight excluding hydrogens is 482 g/mol. The van der Waals surface area contributed by atoms with Gasteiger partial charge in [-0.05, 0) is 42.8 Å². The predicted molar refractivity (Wildman–Crippen MR) is 123 cm³/mol. The van der Waals surface area contributed by atoms with Crippen LogP contribution in [0.5, 0.6) is 5.75 Å². The number of methoxy groups -OCH3 is 1. The van der Waals surface area contributed by atoms with Gasteiger partial charge in [0.1, 0.15) is 34.8 Å². The van der Waals surface area contributed by atoms with Gasteiger partial charge >= 0.3 is 0 Å². The van der Waals surface area contributed by atoms with E-state index in [2.05, 4.69) is 15.4 Å². The molecule has 0 aliphatic heterocycles. The van der Waals surface area contributed by atoms with Crippen LogP contribution in [0.25, 0.3) is 5.69 Å². The number of aliphatic hydroxyl groups is 1. The summed E-state index contributed by atoms with van der Waals surface area (Å²) in [5.74, 6) is -1.51. The number of aromatic nitrogens is 4. The molecule has 188 valence electrons. The van der Waals surface area contributed by atoms with E-state index in [1.165, 1.54) is 7.11 Å². The summed E-state index contributed by atoms with van der Waals surface area (Å²) >= 11 is 0. The van der Waals surface area contributed by atoms with Crippen molar-refractivity contribution in [3.05, 3.63) is 93.9 Å². The van der Waals surface area contributed by atoms with Gasteiger partial charge in [0, 0.05) is 24.0 Å². The molecule has 0 aliphatic rings. The Morgan fingerprint density at radius 2 is 1.83 bits per heavy atom. The van der Waals surface area contributed by atoms with Crippen LogP contribution < -0.4 is 15.6 Å². The number of nitrogens with one attached hydrogen (secondary N) is 1. The maximum absolute atomic E-state index is 13.8. The second-order valence-corrected chi connectivity index (χ2v) is 7.87. The molecular formula is C24H21F4N5O3. The summed E-state index contributed by atoms with van der Waals surface area (Å²) < 4.78 is 62.6. The fourth-order valence-electron chi connectivity index (χ4n) is 3.71. The standard InChI is InChI=1S/C24H21F4N5O3/c1-13-10-32(12-29-13)20-4-3-17(8-22(20)36-2)30-19-9-18(23(27)28)31-33(24(19)35)21(11-34)14-5-15(25)7-16(26)6-14/h3-10,12,21,23,30,34H,11H2,1-2H3/t21-/m0/s1. The first-order valence-corrected chi connectivity index (χ1v) is 10.6. The normalized spacial score (nSPS) is 12.1. The monoisotopic (exact) mass is 503 g/mol. The fourth-order valence-corrected chi connectivity index (χ4v) is 3.71. The van der Waals surface area contributed by atoms with Crippen molar-refractivity contribution in [1.82, 2.24) is 19.3 Å². The molecule has 0 amide bonds. The summed E-state index contributed by atoms with van der Waals surface area (Å²) in [5.41, 5.74) is -0.334. The number of aryl methyl sites for hydroxylation is 1. The van der Waals surface area contributed by atoms with Crippen molar-refractivity contribution in [2.75, 3.05) is 19.0 Å². The van der Waals surface area contributed by atoms with E-state index in [1.807, 2.05) is 6.92 Å². The Kier molecular flexibility index (Phi) is 7.06. The number of hydrogen-bond donors (Lipinski definition) is 2. The Hall–Kier alpha value is -4.19. The Morgan fingerprint density at radius 3 is 2.42 bits per heavy atom. The van der Waals surface area contributed by atoms with Gasteiger partial charge in [-0.3, -0.25) is 4.79 Å². The van der Waals surface area contributed by atoms with Gasteiger partial charge in [-0.15, -0.1) is 0 Å². The van der Waals surface area contributed by atoms with Crippen LogP contribution in [0.15, 0.2) is 59.8 Å². The van der Waals surface area contributed by atoms with Crippen LogP contribution in [-0.2, 0) is 0 Å². The molecule has 0 fully saturated rings. The van der Waals surface area contributed by atoms with Gasteiger partial charge in [0.25, 0.3) is 12.0 Å². The van der Waals surface area contributed by atoms with Crippen LogP contribution in [0, 0.1) is 18.6 Å². The lowest BCUT2D eigenvalue weighted by Crippen LogP contribution is -2.32. The zero-order chi connectivity index (χ0) is 26.0. The maximum atomic E-state index is 13.8. The number of imidazole rings is 1. The van der Waals surface area contributed by atoms with Gasteiger partial charge in [-0.25, -0.2) is 27.2 Å². The zero-order valence-electron chi connectivity index (χ0n) is 19.1. The topological polar surface area (TPSA) is 94.2 Å². The summed E-state index contributed by atoms with van der Waals surface area (Å²) in [6.07, 6.45) is 0.314. The molecule has 8 nitrogen and oxygen atoms in total. The smallest absolute Gasteiger partial charge is 0.291 e. The molecule has 0 saturated carbocycles. The summed E-state index contributed by atoms with van der Waals surface area (Å²) in [7, 11) is 1.45. The van der Waals surface area contributed by atoms with Crippen LogP contribution in [0.2, 0.25) is 0 Å². The molecule has 0 unspecified atom stereocenters. The first kappa shape index (κ1) is 24.9. The van der Waals surface area contributed by atoms with Crippen LogP contribution >= 0.6 is 0 Å². The number of hydrogen-bond acceptors (Lipinski definition) is 6. The predicted octanol–water partition coefficient (Wildman–Crippen LogP) is 4.29. The number of rotatable bonds is 8. The highest BCUT2D eigenvalue weighted by molar-refractivity contribution is 5.64. The Morgan fingerprint density at radius 1 is 1.11 bits per heavy atom. The highest BCUT2D eigenvalue weighted by Gasteiger charge is 2.23. The minimum absolute atomic E-state index is 0.149. The number of benzene rings is 2. The Bertz CT molecular complexity index is 1430. The third-order valence-corrected chi connectivity index (χ3v) is 5.36. The van der Waals surface area contributed by atoms with E-state index >= 15 is 0 Å². The van der Waals surface area contributed by atoms with Gasteiger partial charge < -0.3 is 19.7 Å². The molecule has 4 aromatic rings. The molecule has 0 spiro atoms. The summed E-state index contributed by atoms with van der Waals surface area (Å²) in [5, 5.41) is 16.3. The van der Waals surface area contributed by atoms with E-state index in [0.29, 0.717) is 27.9 Å². The van der Waals surface area contributed by atoms with Crippen molar-refractivity contribution >= 4 is 11.4 Å². The number of nitrogens with zero attached hydrogens (tertiary/aromatic N) is 4. The lowest BCUT2D eigenvalue weighted by atomic mass is 10.1. The molecule has 12 heteroatoms. The lowest BCUT2D eigenvalue weighted by molar-refractivity contribution is 0.141. The Labute approximate surface area is 202 Å². The average molecular weight is 503 g/mol. The van der Waals surface area contributed by atoms with Gasteiger partial charge in [0.15, 0.2) is 0 Å². The average Bonchev–Trinajstić information content (AvgIpc) is 3.26. The van der Waals surface area contributed by atoms with E-state index in [4.69, 9.17) is 4.74 Å². The second kappa shape index (κ2) is 10.2. The maximum Gasteiger partial charge on any atom is 0.291 e. The molecule has 2 N–H and O–H groups in total. The molecule has 0 saturated heterocycles. The van der Waals surface area contributed by atoms with E-state index in [9.17, 15) is 27.5 Å². The number of anilines is 2. The van der Waals surface area contributed by atoms with Crippen LogP contribution in [-0.4, -0.2) is 38.2 Å². The van der Waals surface area contributed by atoms with E-state index < -0.39 is 42.0 Å². The quantitative estimate of drug-likeness (QED) is 0.349. The molecule has 2 aromatic heterocycles. The zero-order valence-corrected chi connectivity index (χ0v) is 19.1. The molecule has 2 aromatic carbocycles. The lowest BCUT2D eigenvalue weighted by Gasteiger charge is -2.20. The minimum atomic E-state index is -3.07. The van der Waals surface area contributed by atoms with E-state index in [0.717, 1.165) is 23.9 Å². The van der Waals surface area contributed by atoms with Crippen molar-refractivity contribution in [2.24, 2.45) is 0 Å². The van der Waals surface area contributed by atoms with Crippen LogP contribution in [0.3, 0.4) is 0 Å². The van der Waals surface area contributed by atoms with Crippen LogP contribution in [0.4, 0.5) is 28.9 Å². The molecule has 2 heterocycles. The number of ether oxygens (including phenoxy) is 1. The van der Waals surface area contributed by atoms with Gasteiger partial charge in [0.2, 0.25) is 0 Å². The minimum Gasteiger partial charge on any atom is -0.494 e. The van der Waals surface area contributed by atoms with Gasteiger partial charge in [-0.2, -0.15) is 5.10 Å². The largest absolute Gasteiger partial charge is 0.494 e. The highest BCUT2D eigenvalue weighted by atomic mass is 19.3. The molecule has 4 rings (SSSR count). The Balaban J connectivity index is 1.77. The molecule has 0 bridgehead atoms. The first-order valence-electron chi connectivity index (χ1n) is 10.6. The number of alkyl halides is 2. The summed E-state index contributed by atoms with van der Waals surface area (Å²) in [4.78, 5) is 17.4. The third kappa shape index (κ3) is 5.08. The molecule has 0 aliphatic carbocycles. The number of halogens is 4. The molecule has 0 radical (unpaired) electrons. The van der Waals surface area contributed by atoms with E-state index in [1.54, 1.807) is 35.3 Å². The first-order chi connectivity index (χ1) is 17.2. The van der Waals surface area contributed by atoms with Crippen LogP contribution in [0.1, 0.15) is 29.4 Å². The van der Waals surface area contributed by atoms with Gasteiger partial charge in [-0.1, -0.05) is 0 Å². The van der Waals surface area contributed by atoms with Crippen molar-refractivity contribution < 1.29 is 27.4 Å². The summed E-state index contributed by atoms with van der Waals surface area (Å²) in [6.45, 7) is 1.00. The molecule has 36 heavy (non-hydrogen) atoms. The number of aliphatic hydroxyl groups excluding tert-OH is 1. The third-order valence-electron chi connectivity index (χ3n) is 5.36. The van der Waals surface area contributed by atoms with Crippen molar-refractivity contribution in [3.8, 4) is 11.4 Å². The van der Waals surface area contributed by atoms with Crippen molar-refractivity contribution in [1.29, 1.82) is 0 Å². The van der Waals surface area contributed by atoms with E-state index in [-0.39, 0.29) is 11.3 Å². The highest BCUT2D eigenvalue weighted by Crippen LogP contribution is 2.29. The SMILES string of the molecule is COc1cc(Nc2cc(C(F)F)nn([C@@H](CO)c3cc(F)cc(F)c3)c2=O)ccc1-n1cnc(C)c1. The molecule has 1 atom stereocenters. The summed E-state index contributed by atoms with van der Waals surface area (Å²) in [6, 6.07) is 6.70. The second-order valence-electron chi connectivity index (χ2n) is 7.87. The fraction of sp³-hybridized carbons (Fsp3) is 0.208.